The van der Waals surface area contributed by atoms with Crippen molar-refractivity contribution in [3.8, 4) is 0 Å². The largest absolute Gasteiger partial charge is 0.342 e. The number of hydrogen-bond donors (Lipinski definition) is 0. The first kappa shape index (κ1) is 19.6. The third-order valence-corrected chi connectivity index (χ3v) is 10.3. The van der Waals surface area contributed by atoms with Crippen LogP contribution in [0.2, 0.25) is 0 Å². The van der Waals surface area contributed by atoms with E-state index in [-0.39, 0.29) is 5.41 Å². The van der Waals surface area contributed by atoms with Gasteiger partial charge in [0, 0.05) is 19.5 Å². The second-order valence-corrected chi connectivity index (χ2v) is 11.5. The fraction of sp³-hybridized carbons (Fsp3) is 0.741. The van der Waals surface area contributed by atoms with Crippen LogP contribution in [0.25, 0.3) is 0 Å². The van der Waals surface area contributed by atoms with Crippen LogP contribution < -0.4 is 0 Å². The zero-order valence-corrected chi connectivity index (χ0v) is 18.9. The fourth-order valence-corrected chi connectivity index (χ4v) is 8.92. The van der Waals surface area contributed by atoms with Crippen LogP contribution in [0.15, 0.2) is 30.3 Å². The van der Waals surface area contributed by atoms with Gasteiger partial charge in [0.15, 0.2) is 0 Å². The van der Waals surface area contributed by atoms with Crippen LogP contribution in [0.5, 0.6) is 0 Å². The average molecular weight is 394 g/mol. The SMILES string of the molecule is C[C@H]1[C@@H](Cc2ccccc2)[C@H]2N(C)C(=O)CC[C@]2(C)[C@H]2CC[C@]3(C)CCC[C@H]3[C@H]12. The van der Waals surface area contributed by atoms with Crippen molar-refractivity contribution in [2.24, 2.45) is 40.4 Å². The maximum absolute atomic E-state index is 12.8. The number of benzene rings is 1. The normalized spacial score (nSPS) is 46.8. The number of nitrogens with zero attached hydrogens (tertiary/aromatic N) is 1. The molecule has 3 saturated carbocycles. The summed E-state index contributed by atoms with van der Waals surface area (Å²) in [5, 5.41) is 0. The van der Waals surface area contributed by atoms with Gasteiger partial charge < -0.3 is 4.90 Å². The van der Waals surface area contributed by atoms with E-state index < -0.39 is 0 Å². The van der Waals surface area contributed by atoms with Crippen LogP contribution in [0, 0.1) is 40.4 Å². The summed E-state index contributed by atoms with van der Waals surface area (Å²) in [7, 11) is 2.11. The van der Waals surface area contributed by atoms with Gasteiger partial charge in [-0.15, -0.1) is 0 Å². The molecule has 1 aromatic rings. The monoisotopic (exact) mass is 393 g/mol. The number of hydrogen-bond acceptors (Lipinski definition) is 1. The molecule has 8 atom stereocenters. The average Bonchev–Trinajstić information content (AvgIpc) is 3.11. The van der Waals surface area contributed by atoms with Crippen LogP contribution in [0.3, 0.4) is 0 Å². The smallest absolute Gasteiger partial charge is 0.222 e. The van der Waals surface area contributed by atoms with Crippen molar-refractivity contribution in [1.29, 1.82) is 0 Å². The molecule has 0 N–H and O–H groups in total. The van der Waals surface area contributed by atoms with E-state index in [0.29, 0.717) is 29.2 Å². The van der Waals surface area contributed by atoms with Crippen molar-refractivity contribution >= 4 is 5.91 Å². The summed E-state index contributed by atoms with van der Waals surface area (Å²) in [6.07, 6.45) is 10.1. The molecule has 4 aliphatic rings. The van der Waals surface area contributed by atoms with Gasteiger partial charge in [-0.1, -0.05) is 57.5 Å². The van der Waals surface area contributed by atoms with Crippen LogP contribution in [-0.2, 0) is 11.2 Å². The van der Waals surface area contributed by atoms with Crippen molar-refractivity contribution in [3.05, 3.63) is 35.9 Å². The minimum Gasteiger partial charge on any atom is -0.342 e. The summed E-state index contributed by atoms with van der Waals surface area (Å²) in [6, 6.07) is 11.5. The van der Waals surface area contributed by atoms with E-state index in [1.807, 2.05) is 0 Å². The highest BCUT2D eigenvalue weighted by atomic mass is 16.2. The van der Waals surface area contributed by atoms with E-state index in [0.717, 1.165) is 37.0 Å². The highest BCUT2D eigenvalue weighted by Gasteiger charge is 2.63. The molecule has 2 heteroatoms. The topological polar surface area (TPSA) is 20.3 Å². The first-order valence-corrected chi connectivity index (χ1v) is 12.1. The Hall–Kier alpha value is -1.31. The Balaban J connectivity index is 1.58. The summed E-state index contributed by atoms with van der Waals surface area (Å²) in [5.74, 6) is 4.16. The van der Waals surface area contributed by atoms with Gasteiger partial charge in [0.05, 0.1) is 0 Å². The van der Waals surface area contributed by atoms with Crippen LogP contribution >= 0.6 is 0 Å². The Morgan fingerprint density at radius 1 is 1.03 bits per heavy atom. The van der Waals surface area contributed by atoms with Crippen LogP contribution in [0.4, 0.5) is 0 Å². The predicted octanol–water partition coefficient (Wildman–Crippen LogP) is 5.95. The first-order chi connectivity index (χ1) is 13.8. The summed E-state index contributed by atoms with van der Waals surface area (Å²) in [5.41, 5.74) is 2.30. The molecule has 2 nitrogen and oxygen atoms in total. The molecule has 1 aromatic carbocycles. The van der Waals surface area contributed by atoms with E-state index in [9.17, 15) is 4.79 Å². The molecular weight excluding hydrogens is 354 g/mol. The lowest BCUT2D eigenvalue weighted by molar-refractivity contribution is -0.180. The third kappa shape index (κ3) is 2.84. The molecule has 3 aliphatic carbocycles. The van der Waals surface area contributed by atoms with E-state index in [1.165, 1.54) is 37.7 Å². The molecule has 5 rings (SSSR count). The zero-order chi connectivity index (χ0) is 20.4. The Morgan fingerprint density at radius 3 is 2.55 bits per heavy atom. The lowest BCUT2D eigenvalue weighted by Crippen LogP contribution is -2.67. The first-order valence-electron chi connectivity index (χ1n) is 12.1. The highest BCUT2D eigenvalue weighted by Crippen LogP contribution is 2.67. The maximum Gasteiger partial charge on any atom is 0.222 e. The molecule has 29 heavy (non-hydrogen) atoms. The van der Waals surface area contributed by atoms with Crippen molar-refractivity contribution in [2.45, 2.75) is 78.2 Å². The standard InChI is InChI=1S/C27H39NO/c1-18-20(17-19-9-6-5-7-10-19)25-27(3,16-13-23(29)28(25)4)22-12-15-26(2)14-8-11-21(26)24(18)22/h5-7,9-10,18,20-22,24-25H,8,11-17H2,1-4H3/t18-,20+,21-,22-,24-,25+,26-,27+/m0/s1. The highest BCUT2D eigenvalue weighted by molar-refractivity contribution is 5.77. The summed E-state index contributed by atoms with van der Waals surface area (Å²) in [4.78, 5) is 15.0. The molecule has 1 aliphatic heterocycles. The molecule has 0 unspecified atom stereocenters. The number of rotatable bonds is 2. The predicted molar refractivity (Wildman–Crippen MR) is 118 cm³/mol. The van der Waals surface area contributed by atoms with Gasteiger partial charge in [-0.3, -0.25) is 4.79 Å². The number of piperidine rings is 1. The molecular formula is C27H39NO. The van der Waals surface area contributed by atoms with Gasteiger partial charge in [-0.05, 0) is 84.5 Å². The van der Waals surface area contributed by atoms with E-state index in [1.54, 1.807) is 0 Å². The minimum atomic E-state index is 0.281. The van der Waals surface area contributed by atoms with Crippen LogP contribution in [-0.4, -0.2) is 23.9 Å². The van der Waals surface area contributed by atoms with E-state index in [4.69, 9.17) is 0 Å². The molecule has 0 spiro atoms. The molecule has 4 fully saturated rings. The van der Waals surface area contributed by atoms with Gasteiger partial charge >= 0.3 is 0 Å². The van der Waals surface area contributed by atoms with Gasteiger partial charge in [-0.25, -0.2) is 0 Å². The minimum absolute atomic E-state index is 0.281. The number of fused-ring (bicyclic) bond motifs is 5. The number of carbonyl (C=O) groups excluding carboxylic acids is 1. The van der Waals surface area contributed by atoms with Gasteiger partial charge in [0.1, 0.15) is 0 Å². The molecule has 0 radical (unpaired) electrons. The second kappa shape index (κ2) is 6.86. The Bertz CT molecular complexity index is 774. The number of amides is 1. The van der Waals surface area contributed by atoms with Gasteiger partial charge in [0.2, 0.25) is 5.91 Å². The third-order valence-electron chi connectivity index (χ3n) is 10.3. The lowest BCUT2D eigenvalue weighted by Gasteiger charge is -2.66. The summed E-state index contributed by atoms with van der Waals surface area (Å²) < 4.78 is 0. The molecule has 0 bridgehead atoms. The molecule has 1 heterocycles. The van der Waals surface area contributed by atoms with E-state index in [2.05, 4.69) is 63.1 Å². The van der Waals surface area contributed by atoms with Crippen LogP contribution in [0.1, 0.15) is 71.3 Å². The molecule has 1 amide bonds. The summed E-state index contributed by atoms with van der Waals surface area (Å²) in [6.45, 7) is 7.73. The molecule has 158 valence electrons. The van der Waals surface area contributed by atoms with Crippen molar-refractivity contribution < 1.29 is 4.79 Å². The van der Waals surface area contributed by atoms with Gasteiger partial charge in [0.25, 0.3) is 0 Å². The Morgan fingerprint density at radius 2 is 1.79 bits per heavy atom. The van der Waals surface area contributed by atoms with Crippen molar-refractivity contribution in [2.75, 3.05) is 7.05 Å². The quantitative estimate of drug-likeness (QED) is 0.607. The fourth-order valence-electron chi connectivity index (χ4n) is 8.92. The number of carbonyl (C=O) groups is 1. The molecule has 0 aromatic heterocycles. The second-order valence-electron chi connectivity index (χ2n) is 11.5. The summed E-state index contributed by atoms with van der Waals surface area (Å²) >= 11 is 0. The lowest BCUT2D eigenvalue weighted by atomic mass is 9.42. The zero-order valence-electron chi connectivity index (χ0n) is 18.9. The number of likely N-dealkylation sites (tertiary alicyclic amines) is 1. The Labute approximate surface area is 177 Å². The van der Waals surface area contributed by atoms with E-state index >= 15 is 0 Å². The van der Waals surface area contributed by atoms with Gasteiger partial charge in [-0.2, -0.15) is 0 Å². The van der Waals surface area contributed by atoms with Crippen molar-refractivity contribution in [3.63, 3.8) is 0 Å². The molecule has 1 saturated heterocycles. The Kier molecular flexibility index (Phi) is 4.64. The van der Waals surface area contributed by atoms with Crippen molar-refractivity contribution in [1.82, 2.24) is 4.90 Å². The maximum atomic E-state index is 12.8.